The zero-order valence-electron chi connectivity index (χ0n) is 20.7. The molecule has 0 radical (unpaired) electrons. The van der Waals surface area contributed by atoms with E-state index in [1.165, 1.54) is 12.0 Å². The van der Waals surface area contributed by atoms with Crippen molar-refractivity contribution in [2.24, 2.45) is 0 Å². The van der Waals surface area contributed by atoms with Gasteiger partial charge < -0.3 is 19.1 Å². The largest absolute Gasteiger partial charge is 0.469 e. The number of rotatable bonds is 8. The highest BCUT2D eigenvalue weighted by Gasteiger charge is 2.20. The van der Waals surface area contributed by atoms with E-state index in [4.69, 9.17) is 9.47 Å². The van der Waals surface area contributed by atoms with E-state index in [2.05, 4.69) is 4.74 Å². The van der Waals surface area contributed by atoms with E-state index in [-0.39, 0.29) is 24.7 Å². The molecule has 182 valence electrons. The molecule has 0 spiro atoms. The van der Waals surface area contributed by atoms with Gasteiger partial charge in [-0.1, -0.05) is 42.5 Å². The lowest BCUT2D eigenvalue weighted by atomic mass is 10.0. The Balaban J connectivity index is 2.19. The van der Waals surface area contributed by atoms with Crippen LogP contribution in [0.3, 0.4) is 0 Å². The van der Waals surface area contributed by atoms with Crippen molar-refractivity contribution in [3.63, 3.8) is 0 Å². The first-order valence-electron chi connectivity index (χ1n) is 11.1. The van der Waals surface area contributed by atoms with Gasteiger partial charge in [0.2, 0.25) is 0 Å². The molecule has 7 heteroatoms. The fourth-order valence-electron chi connectivity index (χ4n) is 3.13. The van der Waals surface area contributed by atoms with E-state index >= 15 is 0 Å². The van der Waals surface area contributed by atoms with Gasteiger partial charge in [-0.2, -0.15) is 0 Å². The van der Waals surface area contributed by atoms with E-state index in [9.17, 15) is 14.4 Å². The lowest BCUT2D eigenvalue weighted by molar-refractivity contribution is -0.144. The summed E-state index contributed by atoms with van der Waals surface area (Å²) in [6.45, 7) is 7.85. The van der Waals surface area contributed by atoms with Crippen LogP contribution >= 0.6 is 0 Å². The first-order valence-corrected chi connectivity index (χ1v) is 11.1. The summed E-state index contributed by atoms with van der Waals surface area (Å²) in [6.07, 6.45) is 1.09. The van der Waals surface area contributed by atoms with Crippen LogP contribution in [0.4, 0.5) is 4.79 Å². The van der Waals surface area contributed by atoms with Crippen molar-refractivity contribution in [1.29, 1.82) is 0 Å². The molecule has 0 aliphatic rings. The van der Waals surface area contributed by atoms with Crippen molar-refractivity contribution in [3.8, 4) is 11.1 Å². The second kappa shape index (κ2) is 12.0. The lowest BCUT2D eigenvalue weighted by Gasteiger charge is -2.24. The first-order chi connectivity index (χ1) is 16.0. The number of ether oxygens (including phenoxy) is 3. The molecular weight excluding hydrogens is 434 g/mol. The minimum Gasteiger partial charge on any atom is -0.469 e. The van der Waals surface area contributed by atoms with Gasteiger partial charge in [0.15, 0.2) is 0 Å². The molecule has 0 atom stereocenters. The van der Waals surface area contributed by atoms with Crippen LogP contribution in [0.25, 0.3) is 17.2 Å². The van der Waals surface area contributed by atoms with Crippen molar-refractivity contribution in [1.82, 2.24) is 4.90 Å². The fraction of sp³-hybridized carbons (Fsp3) is 0.370. The van der Waals surface area contributed by atoms with Gasteiger partial charge in [-0.15, -0.1) is 0 Å². The average molecular weight is 468 g/mol. The highest BCUT2D eigenvalue weighted by atomic mass is 16.6. The summed E-state index contributed by atoms with van der Waals surface area (Å²) in [5.41, 5.74) is 3.38. The Labute approximate surface area is 201 Å². The zero-order chi connectivity index (χ0) is 25.3. The van der Waals surface area contributed by atoms with Crippen LogP contribution in [0, 0.1) is 0 Å². The number of carbonyl (C=O) groups is 3. The molecule has 0 heterocycles. The number of benzene rings is 2. The molecule has 7 nitrogen and oxygen atoms in total. The Kier molecular flexibility index (Phi) is 9.42. The number of amides is 1. The van der Waals surface area contributed by atoms with Gasteiger partial charge in [0.1, 0.15) is 5.60 Å². The molecular formula is C27H33NO6. The molecule has 34 heavy (non-hydrogen) atoms. The second-order valence-electron chi connectivity index (χ2n) is 8.80. The molecule has 2 rings (SSSR count). The Hall–Kier alpha value is -3.61. The number of hydrogen-bond acceptors (Lipinski definition) is 6. The Morgan fingerprint density at radius 3 is 2.26 bits per heavy atom. The highest BCUT2D eigenvalue weighted by molar-refractivity contribution is 5.98. The third-order valence-corrected chi connectivity index (χ3v) is 4.74. The third-order valence-electron chi connectivity index (χ3n) is 4.74. The maximum Gasteiger partial charge on any atom is 0.410 e. The van der Waals surface area contributed by atoms with Crippen LogP contribution in [-0.4, -0.2) is 49.3 Å². The van der Waals surface area contributed by atoms with E-state index in [0.717, 1.165) is 22.3 Å². The predicted molar refractivity (Wildman–Crippen MR) is 131 cm³/mol. The average Bonchev–Trinajstić information content (AvgIpc) is 2.78. The van der Waals surface area contributed by atoms with Crippen molar-refractivity contribution in [2.45, 2.75) is 46.3 Å². The van der Waals surface area contributed by atoms with Gasteiger partial charge in [0, 0.05) is 19.2 Å². The lowest BCUT2D eigenvalue weighted by Crippen LogP contribution is -2.33. The van der Waals surface area contributed by atoms with Gasteiger partial charge in [-0.25, -0.2) is 9.59 Å². The molecule has 0 bridgehead atoms. The summed E-state index contributed by atoms with van der Waals surface area (Å²) in [4.78, 5) is 37.7. The normalized spacial score (nSPS) is 11.5. The SMILES string of the molecule is CCOC(=O)C(=Cc1ccc(-c2cccc(CN(C)C(=O)OC(C)(C)C)c2)cc1)CC(=O)OC. The Bertz CT molecular complexity index is 1030. The molecule has 0 unspecified atom stereocenters. The molecule has 0 saturated heterocycles. The molecule has 0 N–H and O–H groups in total. The number of nitrogens with zero attached hydrogens (tertiary/aromatic N) is 1. The molecule has 0 saturated carbocycles. The zero-order valence-corrected chi connectivity index (χ0v) is 20.7. The summed E-state index contributed by atoms with van der Waals surface area (Å²) in [5, 5.41) is 0. The molecule has 0 fully saturated rings. The van der Waals surface area contributed by atoms with E-state index < -0.39 is 17.5 Å². The summed E-state index contributed by atoms with van der Waals surface area (Å²) in [7, 11) is 2.98. The maximum absolute atomic E-state index is 12.3. The van der Waals surface area contributed by atoms with Gasteiger partial charge in [0.25, 0.3) is 0 Å². The van der Waals surface area contributed by atoms with Crippen LogP contribution in [0.5, 0.6) is 0 Å². The Morgan fingerprint density at radius 2 is 1.68 bits per heavy atom. The van der Waals surface area contributed by atoms with Crippen LogP contribution in [-0.2, 0) is 30.3 Å². The number of hydrogen-bond donors (Lipinski definition) is 0. The standard InChI is InChI=1S/C27H33NO6/c1-7-33-25(30)23(17-24(29)32-6)15-19-11-13-21(14-12-19)22-10-8-9-20(16-22)18-28(5)26(31)34-27(2,3)4/h8-16H,7,17-18H2,1-6H3. The van der Waals surface area contributed by atoms with Crippen molar-refractivity contribution >= 4 is 24.1 Å². The molecule has 2 aromatic rings. The summed E-state index contributed by atoms with van der Waals surface area (Å²) >= 11 is 0. The minimum atomic E-state index is -0.548. The quantitative estimate of drug-likeness (QED) is 0.300. The summed E-state index contributed by atoms with van der Waals surface area (Å²) < 4.78 is 15.1. The smallest absolute Gasteiger partial charge is 0.410 e. The van der Waals surface area contributed by atoms with Crippen LogP contribution in [0.15, 0.2) is 54.1 Å². The van der Waals surface area contributed by atoms with Crippen molar-refractivity contribution < 1.29 is 28.6 Å². The molecule has 1 amide bonds. The molecule has 2 aromatic carbocycles. The molecule has 0 aliphatic carbocycles. The van der Waals surface area contributed by atoms with E-state index in [1.807, 2.05) is 69.3 Å². The summed E-state index contributed by atoms with van der Waals surface area (Å²) in [5.74, 6) is -1.05. The fourth-order valence-corrected chi connectivity index (χ4v) is 3.13. The van der Waals surface area contributed by atoms with Crippen LogP contribution in [0.1, 0.15) is 45.2 Å². The van der Waals surface area contributed by atoms with Gasteiger partial charge >= 0.3 is 18.0 Å². The predicted octanol–water partition coefficient (Wildman–Crippen LogP) is 5.23. The van der Waals surface area contributed by atoms with E-state index in [0.29, 0.717) is 6.54 Å². The first kappa shape index (κ1) is 26.6. The number of methoxy groups -OCH3 is 1. The van der Waals surface area contributed by atoms with E-state index in [1.54, 1.807) is 20.0 Å². The van der Waals surface area contributed by atoms with Gasteiger partial charge in [0.05, 0.1) is 20.1 Å². The topological polar surface area (TPSA) is 82.1 Å². The highest BCUT2D eigenvalue weighted by Crippen LogP contribution is 2.23. The summed E-state index contributed by atoms with van der Waals surface area (Å²) in [6, 6.07) is 15.5. The Morgan fingerprint density at radius 1 is 1.00 bits per heavy atom. The maximum atomic E-state index is 12.3. The third kappa shape index (κ3) is 8.39. The second-order valence-corrected chi connectivity index (χ2v) is 8.80. The minimum absolute atomic E-state index is 0.162. The monoisotopic (exact) mass is 467 g/mol. The van der Waals surface area contributed by atoms with Gasteiger partial charge in [-0.3, -0.25) is 4.79 Å². The van der Waals surface area contributed by atoms with Crippen LogP contribution in [0.2, 0.25) is 0 Å². The number of carbonyl (C=O) groups excluding carboxylic acids is 3. The van der Waals surface area contributed by atoms with Crippen molar-refractivity contribution in [2.75, 3.05) is 20.8 Å². The molecule has 0 aromatic heterocycles. The molecule has 0 aliphatic heterocycles. The number of esters is 2. The van der Waals surface area contributed by atoms with Crippen LogP contribution < -0.4 is 0 Å². The van der Waals surface area contributed by atoms with Crippen molar-refractivity contribution in [3.05, 3.63) is 65.2 Å². The van der Waals surface area contributed by atoms with Gasteiger partial charge in [-0.05, 0) is 62.1 Å².